The maximum absolute atomic E-state index is 4.49. The van der Waals surface area contributed by atoms with E-state index in [-0.39, 0.29) is 0 Å². The standard InChI is InChI=1S/C12H19N9/c1-13-10-16-11(14-7-9-19-15-8-20(9)2)18-12(17-10)21-5-3-4-6-21/h8H,3-7H2,1-2H3,(H2,13,14,16,17,18). The molecule has 9 heteroatoms. The second kappa shape index (κ2) is 5.90. The Morgan fingerprint density at radius 2 is 1.90 bits per heavy atom. The highest BCUT2D eigenvalue weighted by atomic mass is 15.3. The molecule has 0 unspecified atom stereocenters. The zero-order chi connectivity index (χ0) is 14.7. The van der Waals surface area contributed by atoms with Crippen molar-refractivity contribution in [2.75, 3.05) is 35.7 Å². The van der Waals surface area contributed by atoms with Gasteiger partial charge in [-0.1, -0.05) is 0 Å². The molecule has 0 bridgehead atoms. The van der Waals surface area contributed by atoms with Gasteiger partial charge in [-0.25, -0.2) is 0 Å². The topological polar surface area (TPSA) is 96.7 Å². The first kappa shape index (κ1) is 13.5. The van der Waals surface area contributed by atoms with Crippen LogP contribution in [0, 0.1) is 0 Å². The third kappa shape index (κ3) is 3.01. The van der Waals surface area contributed by atoms with Crippen LogP contribution in [-0.2, 0) is 13.6 Å². The van der Waals surface area contributed by atoms with Crippen molar-refractivity contribution in [2.24, 2.45) is 7.05 Å². The van der Waals surface area contributed by atoms with Gasteiger partial charge in [-0.15, -0.1) is 10.2 Å². The van der Waals surface area contributed by atoms with Crippen LogP contribution in [0.5, 0.6) is 0 Å². The molecule has 0 atom stereocenters. The molecule has 21 heavy (non-hydrogen) atoms. The van der Waals surface area contributed by atoms with E-state index in [0.29, 0.717) is 24.4 Å². The summed E-state index contributed by atoms with van der Waals surface area (Å²) in [5, 5.41) is 14.0. The Morgan fingerprint density at radius 3 is 2.57 bits per heavy atom. The third-order valence-electron chi connectivity index (χ3n) is 3.45. The van der Waals surface area contributed by atoms with Crippen LogP contribution in [0.3, 0.4) is 0 Å². The molecule has 9 nitrogen and oxygen atoms in total. The molecule has 1 fully saturated rings. The van der Waals surface area contributed by atoms with Crippen molar-refractivity contribution >= 4 is 17.8 Å². The first-order chi connectivity index (χ1) is 10.3. The van der Waals surface area contributed by atoms with Gasteiger partial charge in [0.1, 0.15) is 6.33 Å². The van der Waals surface area contributed by atoms with Gasteiger partial charge in [0.25, 0.3) is 0 Å². The van der Waals surface area contributed by atoms with Gasteiger partial charge in [0.15, 0.2) is 5.82 Å². The lowest BCUT2D eigenvalue weighted by Gasteiger charge is -2.16. The van der Waals surface area contributed by atoms with Crippen LogP contribution in [0.4, 0.5) is 17.8 Å². The van der Waals surface area contributed by atoms with Crippen LogP contribution in [0.1, 0.15) is 18.7 Å². The van der Waals surface area contributed by atoms with E-state index in [1.807, 2.05) is 11.6 Å². The number of aromatic nitrogens is 6. The molecular formula is C12H19N9. The van der Waals surface area contributed by atoms with Crippen molar-refractivity contribution in [2.45, 2.75) is 19.4 Å². The lowest BCUT2D eigenvalue weighted by Crippen LogP contribution is -2.22. The molecule has 3 rings (SSSR count). The normalized spacial score (nSPS) is 14.5. The first-order valence-corrected chi connectivity index (χ1v) is 7.02. The van der Waals surface area contributed by atoms with Crippen LogP contribution in [0.2, 0.25) is 0 Å². The maximum Gasteiger partial charge on any atom is 0.231 e. The molecule has 1 aliphatic heterocycles. The van der Waals surface area contributed by atoms with Crippen molar-refractivity contribution in [3.05, 3.63) is 12.2 Å². The molecule has 1 aliphatic rings. The van der Waals surface area contributed by atoms with E-state index in [1.165, 1.54) is 12.8 Å². The van der Waals surface area contributed by atoms with E-state index in [0.717, 1.165) is 18.9 Å². The molecule has 0 radical (unpaired) electrons. The molecule has 2 aromatic rings. The van der Waals surface area contributed by atoms with Gasteiger partial charge < -0.3 is 20.1 Å². The molecule has 1 saturated heterocycles. The molecule has 0 aromatic carbocycles. The zero-order valence-corrected chi connectivity index (χ0v) is 12.2. The van der Waals surface area contributed by atoms with Gasteiger partial charge in [-0.3, -0.25) is 0 Å². The lowest BCUT2D eigenvalue weighted by atomic mass is 10.4. The van der Waals surface area contributed by atoms with Crippen LogP contribution >= 0.6 is 0 Å². The fourth-order valence-electron chi connectivity index (χ4n) is 2.24. The SMILES string of the molecule is CNc1nc(NCc2nncn2C)nc(N2CCCC2)n1. The first-order valence-electron chi connectivity index (χ1n) is 7.02. The van der Waals surface area contributed by atoms with Crippen LogP contribution in [0.25, 0.3) is 0 Å². The average molecular weight is 289 g/mol. The second-order valence-corrected chi connectivity index (χ2v) is 4.94. The summed E-state index contributed by atoms with van der Waals surface area (Å²) in [5.41, 5.74) is 0. The van der Waals surface area contributed by atoms with Gasteiger partial charge in [0.05, 0.1) is 6.54 Å². The number of nitrogens with one attached hydrogen (secondary N) is 2. The quantitative estimate of drug-likeness (QED) is 0.809. The lowest BCUT2D eigenvalue weighted by molar-refractivity contribution is 0.803. The van der Waals surface area contributed by atoms with Gasteiger partial charge in [-0.2, -0.15) is 15.0 Å². The molecule has 0 aliphatic carbocycles. The predicted octanol–water partition coefficient (Wildman–Crippen LogP) is 0.254. The summed E-state index contributed by atoms with van der Waals surface area (Å²) in [4.78, 5) is 15.4. The molecular weight excluding hydrogens is 270 g/mol. The fourth-order valence-corrected chi connectivity index (χ4v) is 2.24. The average Bonchev–Trinajstić information content (AvgIpc) is 3.16. The summed E-state index contributed by atoms with van der Waals surface area (Å²) in [5.74, 6) is 2.64. The van der Waals surface area contributed by atoms with E-state index in [1.54, 1.807) is 13.4 Å². The van der Waals surface area contributed by atoms with E-state index in [4.69, 9.17) is 0 Å². The third-order valence-corrected chi connectivity index (χ3v) is 3.45. The highest BCUT2D eigenvalue weighted by molar-refractivity contribution is 5.44. The monoisotopic (exact) mass is 289 g/mol. The molecule has 0 saturated carbocycles. The Bertz CT molecular complexity index is 603. The van der Waals surface area contributed by atoms with Crippen LogP contribution < -0.4 is 15.5 Å². The Hall–Kier alpha value is -2.45. The minimum Gasteiger partial charge on any atom is -0.357 e. The van der Waals surface area contributed by atoms with E-state index >= 15 is 0 Å². The van der Waals surface area contributed by atoms with Crippen molar-refractivity contribution in [3.63, 3.8) is 0 Å². The van der Waals surface area contributed by atoms with E-state index in [9.17, 15) is 0 Å². The van der Waals surface area contributed by atoms with Crippen molar-refractivity contribution in [1.82, 2.24) is 29.7 Å². The number of anilines is 3. The minimum atomic E-state index is 0.517. The molecule has 2 aromatic heterocycles. The van der Waals surface area contributed by atoms with E-state index < -0.39 is 0 Å². The number of nitrogens with zero attached hydrogens (tertiary/aromatic N) is 7. The maximum atomic E-state index is 4.49. The van der Waals surface area contributed by atoms with Crippen molar-refractivity contribution < 1.29 is 0 Å². The highest BCUT2D eigenvalue weighted by Crippen LogP contribution is 2.18. The second-order valence-electron chi connectivity index (χ2n) is 4.94. The predicted molar refractivity (Wildman–Crippen MR) is 79.2 cm³/mol. The Kier molecular flexibility index (Phi) is 3.80. The van der Waals surface area contributed by atoms with Gasteiger partial charge in [0, 0.05) is 27.2 Å². The van der Waals surface area contributed by atoms with Gasteiger partial charge in [0.2, 0.25) is 17.8 Å². The Morgan fingerprint density at radius 1 is 1.14 bits per heavy atom. The zero-order valence-electron chi connectivity index (χ0n) is 12.2. The fraction of sp³-hybridized carbons (Fsp3) is 0.583. The molecule has 2 N–H and O–H groups in total. The van der Waals surface area contributed by atoms with Crippen LogP contribution in [0.15, 0.2) is 6.33 Å². The number of hydrogen-bond donors (Lipinski definition) is 2. The molecule has 0 amide bonds. The van der Waals surface area contributed by atoms with E-state index in [2.05, 4.69) is 40.7 Å². The summed E-state index contributed by atoms with van der Waals surface area (Å²) in [6.45, 7) is 2.51. The van der Waals surface area contributed by atoms with Crippen molar-refractivity contribution in [3.8, 4) is 0 Å². The highest BCUT2D eigenvalue weighted by Gasteiger charge is 2.17. The number of rotatable bonds is 5. The van der Waals surface area contributed by atoms with Crippen LogP contribution in [-0.4, -0.2) is 49.9 Å². The largest absolute Gasteiger partial charge is 0.357 e. The molecule has 0 spiro atoms. The van der Waals surface area contributed by atoms with Gasteiger partial charge in [-0.05, 0) is 12.8 Å². The summed E-state index contributed by atoms with van der Waals surface area (Å²) < 4.78 is 1.86. The molecule has 112 valence electrons. The Balaban J connectivity index is 1.77. The number of hydrogen-bond acceptors (Lipinski definition) is 8. The smallest absolute Gasteiger partial charge is 0.231 e. The van der Waals surface area contributed by atoms with Gasteiger partial charge >= 0.3 is 0 Å². The Labute approximate surface area is 122 Å². The molecule has 3 heterocycles. The summed E-state index contributed by atoms with van der Waals surface area (Å²) in [6, 6.07) is 0. The summed E-state index contributed by atoms with van der Waals surface area (Å²) in [6.07, 6.45) is 4.03. The number of aryl methyl sites for hydroxylation is 1. The summed E-state index contributed by atoms with van der Waals surface area (Å²) in [7, 11) is 3.70. The minimum absolute atomic E-state index is 0.517. The van der Waals surface area contributed by atoms with Crippen molar-refractivity contribution in [1.29, 1.82) is 0 Å². The summed E-state index contributed by atoms with van der Waals surface area (Å²) >= 11 is 0.